The van der Waals surface area contributed by atoms with Gasteiger partial charge in [-0.3, -0.25) is 10.4 Å². The Morgan fingerprint density at radius 1 is 1.60 bits per heavy atom. The molecule has 1 aliphatic carbocycles. The molecule has 0 aromatic heterocycles. The zero-order valence-corrected chi connectivity index (χ0v) is 8.19. The lowest BCUT2D eigenvalue weighted by Crippen LogP contribution is -2.64. The monoisotopic (exact) mass is 211 g/mol. The largest absolute Gasteiger partial charge is 0.389 e. The number of carbonyl (C=O) groups excluding carboxylic acids is 1. The average Bonchev–Trinajstić information content (AvgIpc) is 2.82. The molecule has 15 heavy (non-hydrogen) atoms. The number of carbonyl (C=O) groups is 1. The van der Waals surface area contributed by atoms with E-state index in [2.05, 4.69) is 16.0 Å². The molecule has 0 aromatic rings. The van der Waals surface area contributed by atoms with Gasteiger partial charge in [0.25, 0.3) is 0 Å². The fraction of sp³-hybridized carbons (Fsp3) is 0.750. The Balaban J connectivity index is 1.66. The van der Waals surface area contributed by atoms with E-state index in [1.807, 2.05) is 0 Å². The summed E-state index contributed by atoms with van der Waals surface area (Å²) in [5.41, 5.74) is 6.27. The summed E-state index contributed by atoms with van der Waals surface area (Å²) >= 11 is 0. The van der Waals surface area contributed by atoms with E-state index in [4.69, 9.17) is 10.7 Å². The fourth-order valence-corrected chi connectivity index (χ4v) is 1.88. The molecule has 2 heterocycles. The molecule has 82 valence electrons. The summed E-state index contributed by atoms with van der Waals surface area (Å²) in [5, 5.41) is 5.20. The summed E-state index contributed by atoms with van der Waals surface area (Å²) < 4.78 is 0. The molecule has 3 rings (SSSR count). The third-order valence-electron chi connectivity index (χ3n) is 3.06. The summed E-state index contributed by atoms with van der Waals surface area (Å²) in [6, 6.07) is -0.375. The average molecular weight is 211 g/mol. The topological polar surface area (TPSA) is 92.0 Å². The van der Waals surface area contributed by atoms with E-state index in [1.165, 1.54) is 0 Å². The molecule has 1 spiro atoms. The molecule has 1 saturated heterocycles. The number of nitrogens with two attached hydrogens (primary N) is 1. The van der Waals surface area contributed by atoms with Gasteiger partial charge < -0.3 is 4.84 Å². The van der Waals surface area contributed by atoms with E-state index in [0.717, 1.165) is 30.0 Å². The van der Waals surface area contributed by atoms with Crippen molar-refractivity contribution in [2.24, 2.45) is 11.0 Å². The van der Waals surface area contributed by atoms with Crippen LogP contribution in [0.2, 0.25) is 0 Å². The van der Waals surface area contributed by atoms with Crippen LogP contribution in [0.3, 0.4) is 0 Å². The summed E-state index contributed by atoms with van der Waals surface area (Å²) in [5.74, 6) is 5.50. The van der Waals surface area contributed by atoms with Crippen LogP contribution in [0.25, 0.3) is 0 Å². The standard InChI is InChI=1S/C8H13N5O2/c9-13-4-6(10-11-7(13)14)5-3-8(1-2-8)15-12-5/h6,10H,1-4,9H2,(H,11,14). The van der Waals surface area contributed by atoms with Crippen LogP contribution in [0, 0.1) is 0 Å². The molecule has 3 aliphatic rings. The number of hydrazine groups is 2. The summed E-state index contributed by atoms with van der Waals surface area (Å²) in [6.07, 6.45) is 2.99. The van der Waals surface area contributed by atoms with Crippen LogP contribution in [0.5, 0.6) is 0 Å². The first-order chi connectivity index (χ1) is 7.19. The molecule has 2 amide bonds. The molecule has 0 aromatic carbocycles. The lowest BCUT2D eigenvalue weighted by molar-refractivity contribution is 0.0650. The van der Waals surface area contributed by atoms with Crippen molar-refractivity contribution >= 4 is 11.7 Å². The van der Waals surface area contributed by atoms with Crippen LogP contribution >= 0.6 is 0 Å². The Kier molecular flexibility index (Phi) is 1.68. The van der Waals surface area contributed by atoms with Crippen LogP contribution in [0.4, 0.5) is 4.79 Å². The normalized spacial score (nSPS) is 32.3. The first kappa shape index (κ1) is 8.93. The number of urea groups is 1. The number of hydrogen-bond donors (Lipinski definition) is 3. The maximum absolute atomic E-state index is 11.1. The third-order valence-corrected chi connectivity index (χ3v) is 3.06. The van der Waals surface area contributed by atoms with Gasteiger partial charge >= 0.3 is 6.03 Å². The highest BCUT2D eigenvalue weighted by atomic mass is 16.7. The van der Waals surface area contributed by atoms with Crippen LogP contribution in [0.1, 0.15) is 19.3 Å². The highest BCUT2D eigenvalue weighted by Gasteiger charge is 2.51. The summed E-state index contributed by atoms with van der Waals surface area (Å²) in [7, 11) is 0. The molecule has 1 saturated carbocycles. The van der Waals surface area contributed by atoms with Gasteiger partial charge in [0.2, 0.25) is 0 Å². The van der Waals surface area contributed by atoms with Crippen LogP contribution in [0.15, 0.2) is 5.16 Å². The quantitative estimate of drug-likeness (QED) is 0.386. The smallest absolute Gasteiger partial charge is 0.345 e. The number of hydrogen-bond acceptors (Lipinski definition) is 5. The number of amides is 2. The Morgan fingerprint density at radius 3 is 3.00 bits per heavy atom. The fourth-order valence-electron chi connectivity index (χ4n) is 1.88. The Bertz CT molecular complexity index is 338. The number of nitrogens with one attached hydrogen (secondary N) is 2. The van der Waals surface area contributed by atoms with Gasteiger partial charge in [-0.15, -0.1) is 0 Å². The molecule has 2 fully saturated rings. The van der Waals surface area contributed by atoms with Crippen LogP contribution in [-0.2, 0) is 4.84 Å². The van der Waals surface area contributed by atoms with Crippen molar-refractivity contribution in [2.75, 3.05) is 6.54 Å². The Morgan fingerprint density at radius 2 is 2.40 bits per heavy atom. The molecule has 1 unspecified atom stereocenters. The SMILES string of the molecule is NN1CC(C2=NOC3(CC3)C2)NNC1=O. The maximum Gasteiger partial charge on any atom is 0.345 e. The van der Waals surface area contributed by atoms with Crippen molar-refractivity contribution in [1.29, 1.82) is 0 Å². The van der Waals surface area contributed by atoms with Crippen LogP contribution < -0.4 is 16.7 Å². The van der Waals surface area contributed by atoms with E-state index in [1.54, 1.807) is 0 Å². The molecule has 2 aliphatic heterocycles. The molecule has 7 heteroatoms. The Labute approximate surface area is 86.5 Å². The minimum atomic E-state index is -0.327. The van der Waals surface area contributed by atoms with Crippen molar-refractivity contribution in [3.8, 4) is 0 Å². The minimum Gasteiger partial charge on any atom is -0.389 e. The lowest BCUT2D eigenvalue weighted by Gasteiger charge is -2.30. The second-order valence-corrected chi connectivity index (χ2v) is 4.31. The molecular formula is C8H13N5O2. The predicted molar refractivity (Wildman–Crippen MR) is 51.5 cm³/mol. The molecule has 0 bridgehead atoms. The zero-order chi connectivity index (χ0) is 10.5. The van der Waals surface area contributed by atoms with Crippen molar-refractivity contribution in [3.63, 3.8) is 0 Å². The van der Waals surface area contributed by atoms with Gasteiger partial charge in [-0.2, -0.15) is 0 Å². The lowest BCUT2D eigenvalue weighted by atomic mass is 10.0. The molecule has 4 N–H and O–H groups in total. The molecular weight excluding hydrogens is 198 g/mol. The van der Waals surface area contributed by atoms with Gasteiger partial charge in [0.05, 0.1) is 18.3 Å². The van der Waals surface area contributed by atoms with Gasteiger partial charge in [0.1, 0.15) is 5.60 Å². The van der Waals surface area contributed by atoms with Crippen molar-refractivity contribution < 1.29 is 9.63 Å². The number of nitrogens with zero attached hydrogens (tertiary/aromatic N) is 2. The molecule has 7 nitrogen and oxygen atoms in total. The predicted octanol–water partition coefficient (Wildman–Crippen LogP) is -0.933. The van der Waals surface area contributed by atoms with E-state index in [-0.39, 0.29) is 17.7 Å². The van der Waals surface area contributed by atoms with Crippen molar-refractivity contribution in [1.82, 2.24) is 15.9 Å². The van der Waals surface area contributed by atoms with E-state index < -0.39 is 0 Å². The highest BCUT2D eigenvalue weighted by Crippen LogP contribution is 2.46. The molecule has 0 radical (unpaired) electrons. The first-order valence-corrected chi connectivity index (χ1v) is 5.01. The van der Waals surface area contributed by atoms with Crippen LogP contribution in [-0.4, -0.2) is 34.9 Å². The summed E-state index contributed by atoms with van der Waals surface area (Å²) in [6.45, 7) is 0.421. The van der Waals surface area contributed by atoms with Gasteiger partial charge in [0.15, 0.2) is 0 Å². The minimum absolute atomic E-state index is 0.0160. The number of oxime groups is 1. The second-order valence-electron chi connectivity index (χ2n) is 4.31. The first-order valence-electron chi connectivity index (χ1n) is 5.01. The second kappa shape index (κ2) is 2.83. The Hall–Kier alpha value is -1.34. The van der Waals surface area contributed by atoms with Gasteiger partial charge in [-0.05, 0) is 12.8 Å². The van der Waals surface area contributed by atoms with Crippen molar-refractivity contribution in [2.45, 2.75) is 30.9 Å². The zero-order valence-electron chi connectivity index (χ0n) is 8.19. The molecule has 1 atom stereocenters. The van der Waals surface area contributed by atoms with Crippen molar-refractivity contribution in [3.05, 3.63) is 0 Å². The van der Waals surface area contributed by atoms with E-state index in [9.17, 15) is 4.79 Å². The van der Waals surface area contributed by atoms with Gasteiger partial charge in [-0.25, -0.2) is 16.1 Å². The van der Waals surface area contributed by atoms with Gasteiger partial charge in [0, 0.05) is 6.42 Å². The van der Waals surface area contributed by atoms with Gasteiger partial charge in [-0.1, -0.05) is 5.16 Å². The maximum atomic E-state index is 11.1. The number of rotatable bonds is 1. The highest BCUT2D eigenvalue weighted by molar-refractivity contribution is 5.93. The summed E-state index contributed by atoms with van der Waals surface area (Å²) in [4.78, 5) is 16.4. The van der Waals surface area contributed by atoms with E-state index in [0.29, 0.717) is 6.54 Å². The van der Waals surface area contributed by atoms with E-state index >= 15 is 0 Å². The third kappa shape index (κ3) is 1.44.